The van der Waals surface area contributed by atoms with Gasteiger partial charge in [-0.05, 0) is 44.0 Å². The zero-order valence-electron chi connectivity index (χ0n) is 16.6. The van der Waals surface area contributed by atoms with Crippen molar-refractivity contribution in [2.45, 2.75) is 44.4 Å². The molecule has 1 amide bonds. The second-order valence-electron chi connectivity index (χ2n) is 7.26. The van der Waals surface area contributed by atoms with Gasteiger partial charge in [-0.15, -0.1) is 33.9 Å². The predicted molar refractivity (Wildman–Crippen MR) is 113 cm³/mol. The largest absolute Gasteiger partial charge is 0.385 e. The number of hydrogen-bond donors (Lipinski definition) is 2. The summed E-state index contributed by atoms with van der Waals surface area (Å²) in [6, 6.07) is 2.04. The molecular weight excluding hydrogens is 414 g/mol. The van der Waals surface area contributed by atoms with Gasteiger partial charge >= 0.3 is 0 Å². The average Bonchev–Trinajstić information content (AvgIpc) is 3.35. The first kappa shape index (κ1) is 22.2. The summed E-state index contributed by atoms with van der Waals surface area (Å²) < 4.78 is 13.3. The highest BCUT2D eigenvalue weighted by Crippen LogP contribution is 2.43. The first-order valence-electron chi connectivity index (χ1n) is 9.83. The molecule has 0 radical (unpaired) electrons. The van der Waals surface area contributed by atoms with Crippen LogP contribution in [-0.4, -0.2) is 54.1 Å². The highest BCUT2D eigenvalue weighted by atomic mass is 35.5. The van der Waals surface area contributed by atoms with Crippen LogP contribution in [0.1, 0.15) is 45.2 Å². The molecule has 0 saturated carbocycles. The molecular formula is C19H28ClN5O3S. The molecule has 29 heavy (non-hydrogen) atoms. The molecule has 4 heterocycles. The first-order valence-corrected chi connectivity index (χ1v) is 10.7. The van der Waals surface area contributed by atoms with Crippen molar-refractivity contribution >= 4 is 29.7 Å². The summed E-state index contributed by atoms with van der Waals surface area (Å²) in [5.74, 6) is 0.693. The number of thiophene rings is 1. The van der Waals surface area contributed by atoms with E-state index < -0.39 is 0 Å². The van der Waals surface area contributed by atoms with E-state index >= 15 is 0 Å². The van der Waals surface area contributed by atoms with Gasteiger partial charge in [0.1, 0.15) is 6.33 Å². The smallest absolute Gasteiger partial charge is 0.261 e. The van der Waals surface area contributed by atoms with Gasteiger partial charge in [0.2, 0.25) is 0 Å². The quantitative estimate of drug-likeness (QED) is 0.637. The van der Waals surface area contributed by atoms with Crippen molar-refractivity contribution in [2.24, 2.45) is 0 Å². The van der Waals surface area contributed by atoms with E-state index in [-0.39, 0.29) is 23.9 Å². The minimum absolute atomic E-state index is 0. The molecule has 0 bridgehead atoms. The minimum atomic E-state index is -0.213. The number of rotatable bonds is 7. The molecule has 10 heteroatoms. The van der Waals surface area contributed by atoms with Gasteiger partial charge in [0.05, 0.1) is 23.6 Å². The summed E-state index contributed by atoms with van der Waals surface area (Å²) in [7, 11) is 1.69. The zero-order valence-corrected chi connectivity index (χ0v) is 18.2. The van der Waals surface area contributed by atoms with Crippen LogP contribution in [0.3, 0.4) is 0 Å². The molecule has 160 valence electrons. The number of aromatic nitrogens is 3. The van der Waals surface area contributed by atoms with E-state index in [2.05, 4.69) is 20.8 Å². The van der Waals surface area contributed by atoms with Gasteiger partial charge in [-0.2, -0.15) is 0 Å². The second kappa shape index (κ2) is 9.99. The highest BCUT2D eigenvalue weighted by molar-refractivity contribution is 7.14. The number of carbonyl (C=O) groups excluding carboxylic acids is 1. The third-order valence-electron chi connectivity index (χ3n) is 5.49. The molecule has 2 aromatic heterocycles. The lowest BCUT2D eigenvalue weighted by Crippen LogP contribution is -2.44. The van der Waals surface area contributed by atoms with Crippen LogP contribution in [-0.2, 0) is 34.6 Å². The Bertz CT molecular complexity index is 819. The van der Waals surface area contributed by atoms with Crippen LogP contribution >= 0.6 is 23.7 Å². The summed E-state index contributed by atoms with van der Waals surface area (Å²) in [4.78, 5) is 14.8. The lowest BCUT2D eigenvalue weighted by molar-refractivity contribution is -0.0792. The van der Waals surface area contributed by atoms with Gasteiger partial charge in [-0.25, -0.2) is 0 Å². The van der Waals surface area contributed by atoms with Gasteiger partial charge in [0, 0.05) is 31.6 Å². The van der Waals surface area contributed by atoms with Crippen molar-refractivity contribution in [2.75, 3.05) is 33.4 Å². The van der Waals surface area contributed by atoms with E-state index in [0.29, 0.717) is 13.2 Å². The van der Waals surface area contributed by atoms with E-state index in [4.69, 9.17) is 9.47 Å². The molecule has 1 fully saturated rings. The topological polar surface area (TPSA) is 90.3 Å². The monoisotopic (exact) mass is 441 g/mol. The Balaban J connectivity index is 0.00000240. The normalized spacial score (nSPS) is 17.6. The van der Waals surface area contributed by atoms with Crippen molar-refractivity contribution in [3.8, 4) is 0 Å². The van der Waals surface area contributed by atoms with Gasteiger partial charge in [0.25, 0.3) is 5.91 Å². The zero-order chi connectivity index (χ0) is 19.4. The molecule has 0 unspecified atom stereocenters. The maximum absolute atomic E-state index is 12.8. The molecule has 1 spiro atoms. The highest BCUT2D eigenvalue weighted by Gasteiger charge is 2.40. The molecule has 2 aromatic rings. The van der Waals surface area contributed by atoms with E-state index in [0.717, 1.165) is 62.6 Å². The van der Waals surface area contributed by atoms with Crippen molar-refractivity contribution in [1.82, 2.24) is 25.4 Å². The molecule has 2 aliphatic heterocycles. The Labute approximate surface area is 180 Å². The number of nitrogens with one attached hydrogen (secondary N) is 2. The molecule has 8 nitrogen and oxygen atoms in total. The third-order valence-corrected chi connectivity index (χ3v) is 6.69. The summed E-state index contributed by atoms with van der Waals surface area (Å²) >= 11 is 1.60. The fraction of sp³-hybridized carbons (Fsp3) is 0.632. The number of methoxy groups -OCH3 is 1. The van der Waals surface area contributed by atoms with Crippen LogP contribution < -0.4 is 10.6 Å². The summed E-state index contributed by atoms with van der Waals surface area (Å²) in [5, 5.41) is 14.5. The second-order valence-corrected chi connectivity index (χ2v) is 8.40. The number of nitrogens with zero attached hydrogens (tertiary/aromatic N) is 3. The standard InChI is InChI=1S/C19H27N5O3S.ClH/c1-26-9-2-8-24-13-22-23-17(24)12-21-18(25)16-11-14-15(28-16)3-10-27-19(14)4-6-20-7-5-19;/h11,13,20H,2-10,12H2,1H3,(H,21,25);1H. The number of amides is 1. The van der Waals surface area contributed by atoms with Crippen LogP contribution in [0, 0.1) is 0 Å². The Hall–Kier alpha value is -1.52. The molecule has 0 aromatic carbocycles. The van der Waals surface area contributed by atoms with Crippen molar-refractivity contribution in [3.05, 3.63) is 33.5 Å². The maximum Gasteiger partial charge on any atom is 0.261 e. The summed E-state index contributed by atoms with van der Waals surface area (Å²) in [6.45, 7) is 4.46. The van der Waals surface area contributed by atoms with E-state index in [1.54, 1.807) is 24.8 Å². The van der Waals surface area contributed by atoms with E-state index in [1.165, 1.54) is 10.4 Å². The van der Waals surface area contributed by atoms with Crippen molar-refractivity contribution in [1.29, 1.82) is 0 Å². The lowest BCUT2D eigenvalue weighted by Gasteiger charge is -2.40. The van der Waals surface area contributed by atoms with Crippen LogP contribution in [0.5, 0.6) is 0 Å². The maximum atomic E-state index is 12.8. The van der Waals surface area contributed by atoms with Crippen LogP contribution in [0.4, 0.5) is 0 Å². The summed E-state index contributed by atoms with van der Waals surface area (Å²) in [6.07, 6.45) is 5.38. The van der Waals surface area contributed by atoms with Crippen LogP contribution in [0.2, 0.25) is 0 Å². The number of piperidine rings is 1. The van der Waals surface area contributed by atoms with E-state index in [9.17, 15) is 4.79 Å². The Morgan fingerprint density at radius 2 is 2.28 bits per heavy atom. The molecule has 2 N–H and O–H groups in total. The molecule has 0 atom stereocenters. The van der Waals surface area contributed by atoms with Gasteiger partial charge in [-0.1, -0.05) is 0 Å². The number of aryl methyl sites for hydroxylation is 1. The SMILES string of the molecule is COCCCn1cnnc1CNC(=O)c1cc2c(s1)CCOC21CCNCC1.Cl. The number of carbonyl (C=O) groups is 1. The predicted octanol–water partition coefficient (Wildman–Crippen LogP) is 1.88. The van der Waals surface area contributed by atoms with Crippen LogP contribution in [0.25, 0.3) is 0 Å². The summed E-state index contributed by atoms with van der Waals surface area (Å²) in [5.41, 5.74) is 1.01. The third kappa shape index (κ3) is 4.80. The van der Waals surface area contributed by atoms with Crippen molar-refractivity contribution < 1.29 is 14.3 Å². The minimum Gasteiger partial charge on any atom is -0.385 e. The van der Waals surface area contributed by atoms with Gasteiger partial charge in [-0.3, -0.25) is 4.79 Å². The van der Waals surface area contributed by atoms with Gasteiger partial charge in [0.15, 0.2) is 5.82 Å². The Morgan fingerprint density at radius 3 is 3.07 bits per heavy atom. The fourth-order valence-electron chi connectivity index (χ4n) is 4.00. The lowest BCUT2D eigenvalue weighted by atomic mass is 9.83. The molecule has 1 saturated heterocycles. The number of fused-ring (bicyclic) bond motifs is 2. The first-order chi connectivity index (χ1) is 13.7. The van der Waals surface area contributed by atoms with Crippen molar-refractivity contribution in [3.63, 3.8) is 0 Å². The van der Waals surface area contributed by atoms with Crippen LogP contribution in [0.15, 0.2) is 12.4 Å². The Morgan fingerprint density at radius 1 is 1.45 bits per heavy atom. The van der Waals surface area contributed by atoms with E-state index in [1.807, 2.05) is 10.6 Å². The average molecular weight is 442 g/mol. The number of hydrogen-bond acceptors (Lipinski definition) is 7. The van der Waals surface area contributed by atoms with Gasteiger partial charge < -0.3 is 24.7 Å². The number of halogens is 1. The molecule has 4 rings (SSSR count). The fourth-order valence-corrected chi connectivity index (χ4v) is 5.15. The number of ether oxygens (including phenoxy) is 2. The Kier molecular flexibility index (Phi) is 7.64. The molecule has 2 aliphatic rings. The molecule has 0 aliphatic carbocycles.